The van der Waals surface area contributed by atoms with Crippen molar-refractivity contribution in [3.8, 4) is 0 Å². The van der Waals surface area contributed by atoms with Gasteiger partial charge in [-0.3, -0.25) is 0 Å². The third kappa shape index (κ3) is 3.65. The lowest BCUT2D eigenvalue weighted by Crippen LogP contribution is -2.19. The molecule has 2 nitrogen and oxygen atoms in total. The number of halogens is 2. The molecule has 0 heterocycles. The summed E-state index contributed by atoms with van der Waals surface area (Å²) in [5.74, 6) is 0. The second-order valence-electron chi connectivity index (χ2n) is 3.58. The predicted octanol–water partition coefficient (Wildman–Crippen LogP) is 3.42. The smallest absolute Gasteiger partial charge is 0.0951 e. The maximum Gasteiger partial charge on any atom is 0.0951 e. The quantitative estimate of drug-likeness (QED) is 0.886. The van der Waals surface area contributed by atoms with Crippen molar-refractivity contribution in [1.29, 1.82) is 0 Å². The van der Waals surface area contributed by atoms with Crippen LogP contribution >= 0.6 is 23.2 Å². The fourth-order valence-corrected chi connectivity index (χ4v) is 1.62. The average Bonchev–Trinajstić information content (AvgIpc) is 2.18. The summed E-state index contributed by atoms with van der Waals surface area (Å²) in [4.78, 5) is 0. The Bertz CT molecular complexity index is 328. The normalized spacial score (nSPS) is 13.2. The molecular formula is C11H15Cl2NO. The number of ether oxygens (including phenoxy) is 1. The Morgan fingerprint density at radius 2 is 1.93 bits per heavy atom. The highest BCUT2D eigenvalue weighted by atomic mass is 35.5. The Balaban J connectivity index is 2.87. The summed E-state index contributed by atoms with van der Waals surface area (Å²) >= 11 is 11.8. The maximum atomic E-state index is 5.92. The fourth-order valence-electron chi connectivity index (χ4n) is 1.31. The van der Waals surface area contributed by atoms with Gasteiger partial charge in [0.05, 0.1) is 22.3 Å². The fraction of sp³-hybridized carbons (Fsp3) is 0.455. The van der Waals surface area contributed by atoms with Crippen LogP contribution < -0.4 is 5.73 Å². The van der Waals surface area contributed by atoms with E-state index >= 15 is 0 Å². The van der Waals surface area contributed by atoms with Crippen LogP contribution in [-0.2, 0) is 4.74 Å². The molecule has 1 rings (SSSR count). The molecule has 1 aromatic rings. The third-order valence-electron chi connectivity index (χ3n) is 1.97. The van der Waals surface area contributed by atoms with Gasteiger partial charge >= 0.3 is 0 Å². The highest BCUT2D eigenvalue weighted by Crippen LogP contribution is 2.27. The Morgan fingerprint density at radius 3 is 2.40 bits per heavy atom. The summed E-state index contributed by atoms with van der Waals surface area (Å²) < 4.78 is 5.65. The van der Waals surface area contributed by atoms with Gasteiger partial charge in [-0.2, -0.15) is 0 Å². The van der Waals surface area contributed by atoms with E-state index in [4.69, 9.17) is 33.7 Å². The molecule has 0 bridgehead atoms. The largest absolute Gasteiger partial charge is 0.370 e. The van der Waals surface area contributed by atoms with Crippen molar-refractivity contribution in [3.05, 3.63) is 33.8 Å². The highest BCUT2D eigenvalue weighted by molar-refractivity contribution is 6.42. The van der Waals surface area contributed by atoms with Gasteiger partial charge in [0.2, 0.25) is 0 Å². The van der Waals surface area contributed by atoms with Crippen LogP contribution in [0, 0.1) is 0 Å². The first-order valence-corrected chi connectivity index (χ1v) is 5.60. The van der Waals surface area contributed by atoms with Crippen LogP contribution in [-0.4, -0.2) is 12.6 Å². The van der Waals surface area contributed by atoms with Crippen molar-refractivity contribution >= 4 is 23.2 Å². The second kappa shape index (κ2) is 5.71. The number of hydrogen-bond acceptors (Lipinski definition) is 2. The van der Waals surface area contributed by atoms with Crippen molar-refractivity contribution in [2.24, 2.45) is 5.73 Å². The molecule has 0 radical (unpaired) electrons. The zero-order valence-corrected chi connectivity index (χ0v) is 10.3. The molecule has 0 aliphatic heterocycles. The summed E-state index contributed by atoms with van der Waals surface area (Å²) in [6.45, 7) is 4.37. The van der Waals surface area contributed by atoms with E-state index in [1.807, 2.05) is 19.9 Å². The lowest BCUT2D eigenvalue weighted by molar-refractivity contribution is 0.0120. The van der Waals surface area contributed by atoms with Gasteiger partial charge in [0.15, 0.2) is 0 Å². The third-order valence-corrected chi connectivity index (χ3v) is 2.70. The Labute approximate surface area is 100 Å². The SMILES string of the molecule is CC(C)OC(CN)c1ccc(Cl)c(Cl)c1. The van der Waals surface area contributed by atoms with Crippen molar-refractivity contribution < 1.29 is 4.74 Å². The van der Waals surface area contributed by atoms with Gasteiger partial charge in [-0.25, -0.2) is 0 Å². The van der Waals surface area contributed by atoms with Gasteiger partial charge in [-0.15, -0.1) is 0 Å². The summed E-state index contributed by atoms with van der Waals surface area (Å²) in [5, 5.41) is 1.07. The highest BCUT2D eigenvalue weighted by Gasteiger charge is 2.13. The molecule has 0 saturated heterocycles. The van der Waals surface area contributed by atoms with Crippen LogP contribution in [0.2, 0.25) is 10.0 Å². The molecule has 1 atom stereocenters. The molecule has 1 aromatic carbocycles. The molecule has 4 heteroatoms. The first kappa shape index (κ1) is 12.8. The zero-order valence-electron chi connectivity index (χ0n) is 8.84. The van der Waals surface area contributed by atoms with Crippen LogP contribution in [0.1, 0.15) is 25.5 Å². The Hall–Kier alpha value is -0.280. The maximum absolute atomic E-state index is 5.92. The number of rotatable bonds is 4. The van der Waals surface area contributed by atoms with Crippen molar-refractivity contribution in [2.45, 2.75) is 26.1 Å². The lowest BCUT2D eigenvalue weighted by atomic mass is 10.1. The molecule has 0 aliphatic rings. The summed E-state index contributed by atoms with van der Waals surface area (Å²) in [7, 11) is 0. The van der Waals surface area contributed by atoms with Crippen molar-refractivity contribution in [2.75, 3.05) is 6.54 Å². The minimum absolute atomic E-state index is 0.125. The van der Waals surface area contributed by atoms with E-state index in [0.29, 0.717) is 16.6 Å². The molecule has 15 heavy (non-hydrogen) atoms. The van der Waals surface area contributed by atoms with Crippen molar-refractivity contribution in [3.63, 3.8) is 0 Å². The van der Waals surface area contributed by atoms with E-state index in [1.165, 1.54) is 0 Å². The van der Waals surface area contributed by atoms with Gasteiger partial charge in [0.25, 0.3) is 0 Å². The molecule has 0 spiro atoms. The van der Waals surface area contributed by atoms with Gasteiger partial charge in [-0.05, 0) is 31.5 Å². The van der Waals surface area contributed by atoms with E-state index in [9.17, 15) is 0 Å². The molecule has 0 aliphatic carbocycles. The molecule has 84 valence electrons. The minimum Gasteiger partial charge on any atom is -0.370 e. The number of nitrogens with two attached hydrogens (primary N) is 1. The average molecular weight is 248 g/mol. The van der Waals surface area contributed by atoms with Crippen LogP contribution in [0.25, 0.3) is 0 Å². The summed E-state index contributed by atoms with van der Waals surface area (Å²) in [6.07, 6.45) is 0.00719. The van der Waals surface area contributed by atoms with Gasteiger partial charge in [-0.1, -0.05) is 29.3 Å². The van der Waals surface area contributed by atoms with E-state index < -0.39 is 0 Å². The Kier molecular flexibility index (Phi) is 4.87. The van der Waals surface area contributed by atoms with E-state index in [1.54, 1.807) is 12.1 Å². The predicted molar refractivity (Wildman–Crippen MR) is 64.5 cm³/mol. The topological polar surface area (TPSA) is 35.2 Å². The number of benzene rings is 1. The molecular weight excluding hydrogens is 233 g/mol. The van der Waals surface area contributed by atoms with Crippen LogP contribution in [0.5, 0.6) is 0 Å². The molecule has 0 saturated carbocycles. The van der Waals surface area contributed by atoms with Gasteiger partial charge in [0, 0.05) is 6.54 Å². The molecule has 0 amide bonds. The van der Waals surface area contributed by atoms with E-state index in [-0.39, 0.29) is 12.2 Å². The molecule has 1 unspecified atom stereocenters. The second-order valence-corrected chi connectivity index (χ2v) is 4.40. The Morgan fingerprint density at radius 1 is 1.27 bits per heavy atom. The lowest BCUT2D eigenvalue weighted by Gasteiger charge is -2.19. The molecule has 0 aromatic heterocycles. The summed E-state index contributed by atoms with van der Waals surface area (Å²) in [6, 6.07) is 5.43. The van der Waals surface area contributed by atoms with Gasteiger partial charge in [0.1, 0.15) is 0 Å². The molecule has 2 N–H and O–H groups in total. The van der Waals surface area contributed by atoms with Gasteiger partial charge < -0.3 is 10.5 Å². The zero-order chi connectivity index (χ0) is 11.4. The van der Waals surface area contributed by atoms with Crippen molar-refractivity contribution in [1.82, 2.24) is 0 Å². The standard InChI is InChI=1S/C11H15Cl2NO/c1-7(2)15-11(6-14)8-3-4-9(12)10(13)5-8/h3-5,7,11H,6,14H2,1-2H3. The first-order valence-electron chi connectivity index (χ1n) is 4.85. The minimum atomic E-state index is -0.125. The van der Waals surface area contributed by atoms with Crippen LogP contribution in [0.4, 0.5) is 0 Å². The first-order chi connectivity index (χ1) is 7.04. The van der Waals surface area contributed by atoms with E-state index in [2.05, 4.69) is 0 Å². The van der Waals surface area contributed by atoms with Crippen LogP contribution in [0.15, 0.2) is 18.2 Å². The van der Waals surface area contributed by atoms with Crippen LogP contribution in [0.3, 0.4) is 0 Å². The summed E-state index contributed by atoms with van der Waals surface area (Å²) in [5.41, 5.74) is 6.60. The number of hydrogen-bond donors (Lipinski definition) is 1. The monoisotopic (exact) mass is 247 g/mol. The van der Waals surface area contributed by atoms with E-state index in [0.717, 1.165) is 5.56 Å². The molecule has 0 fully saturated rings.